The molecule has 2 aliphatic rings. The third-order valence-electron chi connectivity index (χ3n) is 6.92. The molecule has 1 aliphatic carbocycles. The van der Waals surface area contributed by atoms with Crippen molar-refractivity contribution in [3.05, 3.63) is 101 Å². The summed E-state index contributed by atoms with van der Waals surface area (Å²) in [6.45, 7) is 2.52. The second-order valence-electron chi connectivity index (χ2n) is 8.99. The topological polar surface area (TPSA) is 55.8 Å². The van der Waals surface area contributed by atoms with Crippen LogP contribution in [0.4, 0.5) is 5.69 Å². The summed E-state index contributed by atoms with van der Waals surface area (Å²) in [4.78, 5) is 29.1. The summed E-state index contributed by atoms with van der Waals surface area (Å²) in [6, 6.07) is 25.4. The van der Waals surface area contributed by atoms with Gasteiger partial charge in [-0.3, -0.25) is 14.5 Å². The maximum Gasteiger partial charge on any atom is 0.232 e. The molecule has 5 rings (SSSR count). The Balaban J connectivity index is 1.60. The van der Waals surface area contributed by atoms with Crippen molar-refractivity contribution in [1.82, 2.24) is 0 Å². The molecule has 3 aromatic rings. The number of methoxy groups -OCH3 is 1. The van der Waals surface area contributed by atoms with Gasteiger partial charge in [-0.1, -0.05) is 42.5 Å². The van der Waals surface area contributed by atoms with Crippen LogP contribution in [0.3, 0.4) is 0 Å². The Morgan fingerprint density at radius 2 is 1.49 bits per heavy atom. The van der Waals surface area contributed by atoms with Gasteiger partial charge >= 0.3 is 0 Å². The third kappa shape index (κ3) is 4.46. The first-order chi connectivity index (χ1) is 17.1. The van der Waals surface area contributed by atoms with Crippen LogP contribution in [0.25, 0.3) is 0 Å². The summed E-state index contributed by atoms with van der Waals surface area (Å²) in [5.41, 5.74) is 4.43. The molecule has 0 bridgehead atoms. The molecule has 3 aromatic carbocycles. The molecule has 0 saturated carbocycles. The first kappa shape index (κ1) is 22.9. The van der Waals surface area contributed by atoms with Gasteiger partial charge in [0, 0.05) is 35.7 Å². The van der Waals surface area contributed by atoms with E-state index in [-0.39, 0.29) is 29.9 Å². The average Bonchev–Trinajstić information content (AvgIpc) is 2.89. The smallest absolute Gasteiger partial charge is 0.232 e. The predicted octanol–water partition coefficient (Wildman–Crippen LogP) is 6.02. The molecule has 5 nitrogen and oxygen atoms in total. The number of rotatable bonds is 6. The van der Waals surface area contributed by atoms with E-state index >= 15 is 0 Å². The number of allylic oxidation sites excluding steroid dienone is 2. The summed E-state index contributed by atoms with van der Waals surface area (Å²) in [7, 11) is 1.63. The average molecular weight is 468 g/mol. The molecular weight excluding hydrogens is 438 g/mol. The van der Waals surface area contributed by atoms with Crippen molar-refractivity contribution in [1.29, 1.82) is 0 Å². The minimum absolute atomic E-state index is 0.00441. The van der Waals surface area contributed by atoms with Crippen molar-refractivity contribution in [3.63, 3.8) is 0 Å². The molecule has 2 unspecified atom stereocenters. The van der Waals surface area contributed by atoms with Crippen molar-refractivity contribution >= 4 is 17.4 Å². The summed E-state index contributed by atoms with van der Waals surface area (Å²) in [6.07, 6.45) is 1.33. The fourth-order valence-electron chi connectivity index (χ4n) is 5.28. The highest BCUT2D eigenvalue weighted by molar-refractivity contribution is 6.08. The van der Waals surface area contributed by atoms with Gasteiger partial charge in [0.2, 0.25) is 5.91 Å². The van der Waals surface area contributed by atoms with Crippen LogP contribution in [0.15, 0.2) is 90.1 Å². The lowest BCUT2D eigenvalue weighted by molar-refractivity contribution is -0.120. The molecule has 1 amide bonds. The van der Waals surface area contributed by atoms with Crippen LogP contribution >= 0.6 is 0 Å². The van der Waals surface area contributed by atoms with Gasteiger partial charge < -0.3 is 9.47 Å². The van der Waals surface area contributed by atoms with Crippen LogP contribution in [-0.4, -0.2) is 25.4 Å². The van der Waals surface area contributed by atoms with E-state index in [1.807, 2.05) is 73.7 Å². The number of benzene rings is 3. The van der Waals surface area contributed by atoms with E-state index in [4.69, 9.17) is 9.47 Å². The standard InChI is InChI=1S/C30H29NO4/c1-3-35-25-15-11-23(12-16-25)31-27-17-22(20-7-5-4-6-8-20)18-28(32)30(27)26(19-29(31)33)21-9-13-24(34-2)14-10-21/h4-16,22,26H,3,17-19H2,1-2H3. The van der Waals surface area contributed by atoms with E-state index in [0.29, 0.717) is 19.4 Å². The second kappa shape index (κ2) is 9.79. The molecule has 0 N–H and O–H groups in total. The minimum atomic E-state index is -0.258. The molecule has 0 spiro atoms. The fraction of sp³-hybridized carbons (Fsp3) is 0.267. The first-order valence-electron chi connectivity index (χ1n) is 12.1. The van der Waals surface area contributed by atoms with Gasteiger partial charge in [0.05, 0.1) is 13.7 Å². The quantitative estimate of drug-likeness (QED) is 0.445. The Labute approximate surface area is 206 Å². The van der Waals surface area contributed by atoms with Crippen molar-refractivity contribution in [2.24, 2.45) is 0 Å². The van der Waals surface area contributed by atoms with Crippen LogP contribution in [0.1, 0.15) is 49.1 Å². The largest absolute Gasteiger partial charge is 0.497 e. The molecule has 1 heterocycles. The van der Waals surface area contributed by atoms with Crippen LogP contribution in [-0.2, 0) is 9.59 Å². The molecular formula is C30H29NO4. The Hall–Kier alpha value is -3.86. The van der Waals surface area contributed by atoms with Crippen LogP contribution in [0.5, 0.6) is 11.5 Å². The SMILES string of the molecule is CCOc1ccc(N2C(=O)CC(c3ccc(OC)cc3)C3=C2CC(c2ccccc2)CC3=O)cc1. The lowest BCUT2D eigenvalue weighted by atomic mass is 9.72. The maximum absolute atomic E-state index is 13.7. The molecule has 0 fully saturated rings. The van der Waals surface area contributed by atoms with E-state index in [9.17, 15) is 9.59 Å². The van der Waals surface area contributed by atoms with E-state index in [0.717, 1.165) is 39.6 Å². The number of amides is 1. The normalized spacial score (nSPS) is 20.0. The number of carbonyl (C=O) groups excluding carboxylic acids is 2. The number of nitrogens with zero attached hydrogens (tertiary/aromatic N) is 1. The molecule has 1 aliphatic heterocycles. The summed E-state index contributed by atoms with van der Waals surface area (Å²) >= 11 is 0. The Bertz CT molecular complexity index is 1250. The Kier molecular flexibility index (Phi) is 6.41. The third-order valence-corrected chi connectivity index (χ3v) is 6.92. The Morgan fingerprint density at radius 1 is 0.800 bits per heavy atom. The van der Waals surface area contributed by atoms with Crippen molar-refractivity contribution < 1.29 is 19.1 Å². The van der Waals surface area contributed by atoms with Gasteiger partial charge in [-0.05, 0) is 66.8 Å². The lowest BCUT2D eigenvalue weighted by Gasteiger charge is -2.40. The molecule has 0 saturated heterocycles. The number of hydrogen-bond acceptors (Lipinski definition) is 4. The summed E-state index contributed by atoms with van der Waals surface area (Å²) < 4.78 is 10.9. The summed E-state index contributed by atoms with van der Waals surface area (Å²) in [5.74, 6) is 1.40. The fourth-order valence-corrected chi connectivity index (χ4v) is 5.28. The zero-order chi connectivity index (χ0) is 24.4. The van der Waals surface area contributed by atoms with Gasteiger partial charge in [0.15, 0.2) is 5.78 Å². The van der Waals surface area contributed by atoms with Gasteiger partial charge in [-0.2, -0.15) is 0 Å². The van der Waals surface area contributed by atoms with Crippen molar-refractivity contribution in [3.8, 4) is 11.5 Å². The second-order valence-corrected chi connectivity index (χ2v) is 8.99. The minimum Gasteiger partial charge on any atom is -0.497 e. The maximum atomic E-state index is 13.7. The first-order valence-corrected chi connectivity index (χ1v) is 12.1. The summed E-state index contributed by atoms with van der Waals surface area (Å²) in [5, 5.41) is 0. The number of ether oxygens (including phenoxy) is 2. The highest BCUT2D eigenvalue weighted by atomic mass is 16.5. The van der Waals surface area contributed by atoms with Crippen molar-refractivity contribution in [2.75, 3.05) is 18.6 Å². The number of hydrogen-bond donors (Lipinski definition) is 0. The number of ketones is 1. The predicted molar refractivity (Wildman–Crippen MR) is 136 cm³/mol. The number of carbonyl (C=O) groups is 2. The molecule has 178 valence electrons. The molecule has 2 atom stereocenters. The zero-order valence-electron chi connectivity index (χ0n) is 20.1. The van der Waals surface area contributed by atoms with E-state index in [1.54, 1.807) is 12.0 Å². The van der Waals surface area contributed by atoms with E-state index < -0.39 is 0 Å². The molecule has 35 heavy (non-hydrogen) atoms. The zero-order valence-corrected chi connectivity index (χ0v) is 20.1. The molecule has 0 radical (unpaired) electrons. The van der Waals surface area contributed by atoms with Crippen LogP contribution in [0.2, 0.25) is 0 Å². The Morgan fingerprint density at radius 3 is 2.14 bits per heavy atom. The van der Waals surface area contributed by atoms with Gasteiger partial charge in [0.25, 0.3) is 0 Å². The number of Topliss-reactive ketones (excluding diaryl/α,β-unsaturated/α-hetero) is 1. The number of anilines is 1. The van der Waals surface area contributed by atoms with Gasteiger partial charge in [0.1, 0.15) is 11.5 Å². The van der Waals surface area contributed by atoms with Gasteiger partial charge in [-0.25, -0.2) is 0 Å². The van der Waals surface area contributed by atoms with E-state index in [2.05, 4.69) is 12.1 Å². The van der Waals surface area contributed by atoms with E-state index in [1.165, 1.54) is 0 Å². The molecule has 0 aromatic heterocycles. The highest BCUT2D eigenvalue weighted by Crippen LogP contribution is 2.47. The monoisotopic (exact) mass is 467 g/mol. The van der Waals surface area contributed by atoms with Crippen LogP contribution in [0, 0.1) is 0 Å². The molecule has 5 heteroatoms. The van der Waals surface area contributed by atoms with Crippen molar-refractivity contribution in [2.45, 2.75) is 38.0 Å². The lowest BCUT2D eigenvalue weighted by Crippen LogP contribution is -2.41. The highest BCUT2D eigenvalue weighted by Gasteiger charge is 2.42. The van der Waals surface area contributed by atoms with Crippen LogP contribution < -0.4 is 14.4 Å². The van der Waals surface area contributed by atoms with Gasteiger partial charge in [-0.15, -0.1) is 0 Å².